The molecule has 0 aliphatic carbocycles. The molecular weight excluding hydrogens is 241 g/mol. The van der Waals surface area contributed by atoms with E-state index in [0.29, 0.717) is 12.1 Å². The van der Waals surface area contributed by atoms with Crippen molar-refractivity contribution in [1.82, 2.24) is 5.32 Å². The maximum Gasteiger partial charge on any atom is 0.123 e. The Bertz CT molecular complexity index is 381. The Hall–Kier alpha value is -0.930. The van der Waals surface area contributed by atoms with Gasteiger partial charge in [-0.25, -0.2) is 4.39 Å². The molecule has 1 aliphatic heterocycles. The molecule has 2 atom stereocenters. The number of nitrogens with one attached hydrogen (secondary N) is 1. The van der Waals surface area contributed by atoms with E-state index in [1.54, 1.807) is 12.1 Å². The first-order valence-corrected chi connectivity index (χ1v) is 7.37. The summed E-state index contributed by atoms with van der Waals surface area (Å²) < 4.78 is 18.8. The first-order chi connectivity index (χ1) is 9.28. The van der Waals surface area contributed by atoms with E-state index in [-0.39, 0.29) is 5.82 Å². The van der Waals surface area contributed by atoms with Crippen molar-refractivity contribution in [2.45, 2.75) is 51.2 Å². The van der Waals surface area contributed by atoms with Crippen molar-refractivity contribution in [3.63, 3.8) is 0 Å². The van der Waals surface area contributed by atoms with Crippen LogP contribution in [0.5, 0.6) is 0 Å². The van der Waals surface area contributed by atoms with Gasteiger partial charge in [0.15, 0.2) is 0 Å². The molecule has 19 heavy (non-hydrogen) atoms. The second-order valence-corrected chi connectivity index (χ2v) is 5.34. The lowest BCUT2D eigenvalue weighted by Gasteiger charge is -2.30. The van der Waals surface area contributed by atoms with Crippen LogP contribution in [0.15, 0.2) is 24.3 Å². The van der Waals surface area contributed by atoms with Crippen LogP contribution in [0.1, 0.15) is 38.2 Å². The third-order valence-corrected chi connectivity index (χ3v) is 3.71. The van der Waals surface area contributed by atoms with Crippen LogP contribution in [0.3, 0.4) is 0 Å². The zero-order valence-corrected chi connectivity index (χ0v) is 11.7. The molecule has 0 saturated carbocycles. The second kappa shape index (κ2) is 7.61. The molecule has 1 aromatic rings. The standard InChI is InChI=1S/C16H24FNO/c1-2-4-16-12-15(8-10-19-16)18-9-7-13-5-3-6-14(17)11-13/h3,5-6,11,15-16,18H,2,4,7-10,12H2,1H3. The number of halogens is 1. The molecule has 1 saturated heterocycles. The molecule has 1 heterocycles. The van der Waals surface area contributed by atoms with Crippen molar-refractivity contribution in [1.29, 1.82) is 0 Å². The van der Waals surface area contributed by atoms with Crippen LogP contribution in [0.4, 0.5) is 4.39 Å². The van der Waals surface area contributed by atoms with Crippen LogP contribution >= 0.6 is 0 Å². The Labute approximate surface area is 115 Å². The number of benzene rings is 1. The minimum Gasteiger partial charge on any atom is -0.378 e. The maximum atomic E-state index is 13.0. The summed E-state index contributed by atoms with van der Waals surface area (Å²) in [7, 11) is 0. The van der Waals surface area contributed by atoms with E-state index in [9.17, 15) is 4.39 Å². The van der Waals surface area contributed by atoms with Crippen molar-refractivity contribution in [3.8, 4) is 0 Å². The predicted octanol–water partition coefficient (Wildman–Crippen LogP) is 3.31. The number of hydrogen-bond donors (Lipinski definition) is 1. The molecule has 2 rings (SSSR count). The van der Waals surface area contributed by atoms with Gasteiger partial charge in [0, 0.05) is 12.6 Å². The highest BCUT2D eigenvalue weighted by atomic mass is 19.1. The van der Waals surface area contributed by atoms with Crippen LogP contribution in [0.2, 0.25) is 0 Å². The minimum absolute atomic E-state index is 0.147. The Morgan fingerprint density at radius 3 is 3.11 bits per heavy atom. The van der Waals surface area contributed by atoms with Crippen LogP contribution in [-0.2, 0) is 11.2 Å². The Balaban J connectivity index is 1.70. The molecule has 1 aromatic carbocycles. The normalized spacial score (nSPS) is 23.5. The molecule has 3 heteroatoms. The van der Waals surface area contributed by atoms with Crippen molar-refractivity contribution in [2.24, 2.45) is 0 Å². The van der Waals surface area contributed by atoms with Gasteiger partial charge in [0.1, 0.15) is 5.82 Å². The van der Waals surface area contributed by atoms with E-state index in [4.69, 9.17) is 4.74 Å². The molecule has 0 bridgehead atoms. The van der Waals surface area contributed by atoms with Gasteiger partial charge in [0.2, 0.25) is 0 Å². The van der Waals surface area contributed by atoms with Crippen molar-refractivity contribution >= 4 is 0 Å². The Morgan fingerprint density at radius 2 is 2.32 bits per heavy atom. The topological polar surface area (TPSA) is 21.3 Å². The average molecular weight is 265 g/mol. The summed E-state index contributed by atoms with van der Waals surface area (Å²) in [6.07, 6.45) is 5.84. The van der Waals surface area contributed by atoms with E-state index in [1.807, 2.05) is 6.07 Å². The average Bonchev–Trinajstić information content (AvgIpc) is 2.40. The van der Waals surface area contributed by atoms with Crippen molar-refractivity contribution in [2.75, 3.05) is 13.2 Å². The number of hydrogen-bond acceptors (Lipinski definition) is 2. The van der Waals surface area contributed by atoms with Gasteiger partial charge < -0.3 is 10.1 Å². The third-order valence-electron chi connectivity index (χ3n) is 3.71. The molecule has 2 unspecified atom stereocenters. The number of rotatable bonds is 6. The summed E-state index contributed by atoms with van der Waals surface area (Å²) in [6, 6.07) is 7.42. The predicted molar refractivity (Wildman–Crippen MR) is 75.8 cm³/mol. The largest absolute Gasteiger partial charge is 0.378 e. The van der Waals surface area contributed by atoms with Gasteiger partial charge in [-0.1, -0.05) is 25.5 Å². The lowest BCUT2D eigenvalue weighted by Crippen LogP contribution is -2.39. The monoisotopic (exact) mass is 265 g/mol. The Morgan fingerprint density at radius 1 is 1.42 bits per heavy atom. The van der Waals surface area contributed by atoms with Gasteiger partial charge in [-0.15, -0.1) is 0 Å². The molecule has 106 valence electrons. The van der Waals surface area contributed by atoms with Gasteiger partial charge in [-0.3, -0.25) is 0 Å². The van der Waals surface area contributed by atoms with Gasteiger partial charge >= 0.3 is 0 Å². The third kappa shape index (κ3) is 4.92. The van der Waals surface area contributed by atoms with E-state index < -0.39 is 0 Å². The lowest BCUT2D eigenvalue weighted by molar-refractivity contribution is -0.00300. The highest BCUT2D eigenvalue weighted by Crippen LogP contribution is 2.17. The smallest absolute Gasteiger partial charge is 0.123 e. The van der Waals surface area contributed by atoms with E-state index >= 15 is 0 Å². The summed E-state index contributed by atoms with van der Waals surface area (Å²) in [5, 5.41) is 3.58. The molecule has 0 spiro atoms. The van der Waals surface area contributed by atoms with Gasteiger partial charge in [0.25, 0.3) is 0 Å². The first-order valence-electron chi connectivity index (χ1n) is 7.37. The summed E-state index contributed by atoms with van der Waals surface area (Å²) in [5.74, 6) is -0.147. The molecule has 0 radical (unpaired) electrons. The van der Waals surface area contributed by atoms with Crippen LogP contribution in [0.25, 0.3) is 0 Å². The van der Waals surface area contributed by atoms with Gasteiger partial charge in [-0.05, 0) is 49.9 Å². The fraction of sp³-hybridized carbons (Fsp3) is 0.625. The van der Waals surface area contributed by atoms with Gasteiger partial charge in [0.05, 0.1) is 6.10 Å². The number of ether oxygens (including phenoxy) is 1. The van der Waals surface area contributed by atoms with E-state index in [2.05, 4.69) is 12.2 Å². The second-order valence-electron chi connectivity index (χ2n) is 5.34. The summed E-state index contributed by atoms with van der Waals surface area (Å²) in [4.78, 5) is 0. The summed E-state index contributed by atoms with van der Waals surface area (Å²) in [6.45, 7) is 3.97. The minimum atomic E-state index is -0.147. The van der Waals surface area contributed by atoms with E-state index in [0.717, 1.165) is 44.4 Å². The molecule has 2 nitrogen and oxygen atoms in total. The fourth-order valence-corrected chi connectivity index (χ4v) is 2.70. The quantitative estimate of drug-likeness (QED) is 0.852. The zero-order valence-electron chi connectivity index (χ0n) is 11.7. The molecule has 0 amide bonds. The molecule has 0 aromatic heterocycles. The van der Waals surface area contributed by atoms with Crippen molar-refractivity contribution < 1.29 is 9.13 Å². The lowest BCUT2D eigenvalue weighted by atomic mass is 10.00. The maximum absolute atomic E-state index is 13.0. The molecule has 1 N–H and O–H groups in total. The fourth-order valence-electron chi connectivity index (χ4n) is 2.70. The first kappa shape index (κ1) is 14.5. The van der Waals surface area contributed by atoms with Crippen molar-refractivity contribution in [3.05, 3.63) is 35.6 Å². The summed E-state index contributed by atoms with van der Waals surface area (Å²) >= 11 is 0. The Kier molecular flexibility index (Phi) is 5.80. The molecule has 1 fully saturated rings. The summed E-state index contributed by atoms with van der Waals surface area (Å²) in [5.41, 5.74) is 1.06. The molecule has 1 aliphatic rings. The van der Waals surface area contributed by atoms with Crippen LogP contribution < -0.4 is 5.32 Å². The van der Waals surface area contributed by atoms with E-state index in [1.165, 1.54) is 12.5 Å². The highest BCUT2D eigenvalue weighted by Gasteiger charge is 2.21. The van der Waals surface area contributed by atoms with Gasteiger partial charge in [-0.2, -0.15) is 0 Å². The highest BCUT2D eigenvalue weighted by molar-refractivity contribution is 5.16. The van der Waals surface area contributed by atoms with Crippen LogP contribution in [0, 0.1) is 5.82 Å². The van der Waals surface area contributed by atoms with Crippen LogP contribution in [-0.4, -0.2) is 25.3 Å². The SMILES string of the molecule is CCCC1CC(NCCc2cccc(F)c2)CCO1. The zero-order chi connectivity index (χ0) is 13.5. The molecular formula is C16H24FNO.